The third kappa shape index (κ3) is 3.01. The van der Waals surface area contributed by atoms with Crippen LogP contribution in [0.4, 0.5) is 8.78 Å². The summed E-state index contributed by atoms with van der Waals surface area (Å²) in [5.41, 5.74) is 2.69. The minimum absolute atomic E-state index is 0.0282. The van der Waals surface area contributed by atoms with Crippen LogP contribution in [0.3, 0.4) is 0 Å². The van der Waals surface area contributed by atoms with Gasteiger partial charge < -0.3 is 14.8 Å². The van der Waals surface area contributed by atoms with Gasteiger partial charge in [0.25, 0.3) is 0 Å². The van der Waals surface area contributed by atoms with Crippen molar-refractivity contribution >= 4 is 5.65 Å². The van der Waals surface area contributed by atoms with Crippen LogP contribution in [0.2, 0.25) is 0 Å². The van der Waals surface area contributed by atoms with Gasteiger partial charge in [-0.3, -0.25) is 0 Å². The van der Waals surface area contributed by atoms with E-state index in [9.17, 15) is 13.9 Å². The molecule has 4 heterocycles. The number of halogens is 2. The molecule has 1 aromatic carbocycles. The van der Waals surface area contributed by atoms with E-state index in [1.165, 1.54) is 18.2 Å². The van der Waals surface area contributed by atoms with Crippen LogP contribution in [-0.2, 0) is 0 Å². The topological polar surface area (TPSA) is 75.3 Å². The van der Waals surface area contributed by atoms with Crippen molar-refractivity contribution in [2.45, 2.75) is 12.8 Å². The number of nitrogens with one attached hydrogen (secondary N) is 1. The summed E-state index contributed by atoms with van der Waals surface area (Å²) >= 11 is 0. The molecule has 1 aliphatic heterocycles. The minimum Gasteiger partial charge on any atom is -0.507 e. The van der Waals surface area contributed by atoms with E-state index in [0.29, 0.717) is 22.7 Å². The molecule has 3 aromatic heterocycles. The van der Waals surface area contributed by atoms with E-state index >= 15 is 0 Å². The van der Waals surface area contributed by atoms with E-state index in [4.69, 9.17) is 0 Å². The maximum Gasteiger partial charge on any atom is 0.173 e. The van der Waals surface area contributed by atoms with Gasteiger partial charge in [-0.05, 0) is 42.8 Å². The van der Waals surface area contributed by atoms with Crippen molar-refractivity contribution in [3.05, 3.63) is 65.7 Å². The number of benzene rings is 1. The molecular weight excluding hydrogens is 376 g/mol. The average molecular weight is 393 g/mol. The predicted octanol–water partition coefficient (Wildman–Crippen LogP) is 3.44. The second-order valence-electron chi connectivity index (χ2n) is 7.24. The zero-order valence-corrected chi connectivity index (χ0v) is 15.5. The standard InChI is InChI=1S/C21H17F2N5O/c1-11-9-28-10-13(5-16(23)21(28)25-11)12-4-15(22)20(19(29)6-12)18-3-2-17(26-27-18)14-7-24-8-14/h2-6,9-10,14,24,29H,7-8H2,1H3. The lowest BCUT2D eigenvalue weighted by atomic mass is 9.98. The SMILES string of the molecule is Cc1cn2cc(-c3cc(O)c(-c4ccc(C5CNC5)nn4)c(F)c3)cc(F)c2n1. The first kappa shape index (κ1) is 17.7. The molecule has 2 N–H and O–H groups in total. The number of imidazole rings is 1. The summed E-state index contributed by atoms with van der Waals surface area (Å²) in [7, 11) is 0. The number of hydrogen-bond acceptors (Lipinski definition) is 5. The number of fused-ring (bicyclic) bond motifs is 1. The van der Waals surface area contributed by atoms with Crippen LogP contribution in [0.5, 0.6) is 5.75 Å². The maximum atomic E-state index is 14.9. The number of pyridine rings is 1. The van der Waals surface area contributed by atoms with Crippen molar-refractivity contribution in [3.63, 3.8) is 0 Å². The molecule has 0 bridgehead atoms. The normalized spacial score (nSPS) is 14.3. The highest BCUT2D eigenvalue weighted by atomic mass is 19.1. The third-order valence-electron chi connectivity index (χ3n) is 5.17. The smallest absolute Gasteiger partial charge is 0.173 e. The van der Waals surface area contributed by atoms with Crippen LogP contribution in [-0.4, -0.2) is 37.8 Å². The number of hydrogen-bond donors (Lipinski definition) is 2. The largest absolute Gasteiger partial charge is 0.507 e. The summed E-state index contributed by atoms with van der Waals surface area (Å²) in [6.07, 6.45) is 3.33. The predicted molar refractivity (Wildman–Crippen MR) is 104 cm³/mol. The molecule has 0 radical (unpaired) electrons. The van der Waals surface area contributed by atoms with E-state index in [2.05, 4.69) is 20.5 Å². The van der Waals surface area contributed by atoms with Crippen LogP contribution in [0, 0.1) is 18.6 Å². The van der Waals surface area contributed by atoms with Crippen molar-refractivity contribution in [1.82, 2.24) is 24.9 Å². The van der Waals surface area contributed by atoms with E-state index < -0.39 is 11.6 Å². The first-order chi connectivity index (χ1) is 14.0. The maximum absolute atomic E-state index is 14.9. The fraction of sp³-hybridized carbons (Fsp3) is 0.190. The van der Waals surface area contributed by atoms with E-state index in [1.54, 1.807) is 35.9 Å². The van der Waals surface area contributed by atoms with Crippen molar-refractivity contribution in [3.8, 4) is 28.1 Å². The quantitative estimate of drug-likeness (QED) is 0.558. The molecular formula is C21H17F2N5O. The second kappa shape index (κ2) is 6.59. The number of rotatable bonds is 3. The molecule has 0 spiro atoms. The molecule has 0 atom stereocenters. The molecule has 0 amide bonds. The zero-order valence-electron chi connectivity index (χ0n) is 15.5. The summed E-state index contributed by atoms with van der Waals surface area (Å²) in [5.74, 6) is -1.15. The van der Waals surface area contributed by atoms with Crippen LogP contribution in [0.1, 0.15) is 17.3 Å². The number of aromatic hydroxyl groups is 1. The number of phenolic OH excluding ortho intramolecular Hbond substituents is 1. The molecule has 1 fully saturated rings. The van der Waals surface area contributed by atoms with Crippen LogP contribution < -0.4 is 5.32 Å². The Balaban J connectivity index is 1.54. The Labute approximate surface area is 164 Å². The first-order valence-corrected chi connectivity index (χ1v) is 9.22. The third-order valence-corrected chi connectivity index (χ3v) is 5.17. The summed E-state index contributed by atoms with van der Waals surface area (Å²) < 4.78 is 30.8. The van der Waals surface area contributed by atoms with Gasteiger partial charge in [-0.15, -0.1) is 5.10 Å². The molecule has 0 saturated carbocycles. The fourth-order valence-electron chi connectivity index (χ4n) is 3.54. The molecule has 0 aliphatic carbocycles. The van der Waals surface area contributed by atoms with Gasteiger partial charge in [0.2, 0.25) is 0 Å². The number of aromatic nitrogens is 4. The lowest BCUT2D eigenvalue weighted by Crippen LogP contribution is -2.40. The van der Waals surface area contributed by atoms with Gasteiger partial charge in [0.05, 0.1) is 22.6 Å². The molecule has 5 rings (SSSR count). The van der Waals surface area contributed by atoms with Gasteiger partial charge in [0.1, 0.15) is 11.6 Å². The highest BCUT2D eigenvalue weighted by Crippen LogP contribution is 2.35. The Kier molecular flexibility index (Phi) is 4.02. The van der Waals surface area contributed by atoms with Gasteiger partial charge in [-0.2, -0.15) is 5.10 Å². The summed E-state index contributed by atoms with van der Waals surface area (Å²) in [4.78, 5) is 4.11. The fourth-order valence-corrected chi connectivity index (χ4v) is 3.54. The number of phenols is 1. The van der Waals surface area contributed by atoms with Crippen LogP contribution in [0.25, 0.3) is 28.0 Å². The number of nitrogens with zero attached hydrogens (tertiary/aromatic N) is 4. The van der Waals surface area contributed by atoms with E-state index in [1.807, 2.05) is 0 Å². The van der Waals surface area contributed by atoms with Gasteiger partial charge >= 0.3 is 0 Å². The Morgan fingerprint density at radius 2 is 1.83 bits per heavy atom. The lowest BCUT2D eigenvalue weighted by molar-refractivity contribution is 0.436. The molecule has 6 nitrogen and oxygen atoms in total. The Hall–Kier alpha value is -3.39. The van der Waals surface area contributed by atoms with Crippen molar-refractivity contribution in [2.24, 2.45) is 0 Å². The second-order valence-corrected chi connectivity index (χ2v) is 7.24. The number of aryl methyl sites for hydroxylation is 1. The minimum atomic E-state index is -0.658. The Morgan fingerprint density at radius 3 is 2.48 bits per heavy atom. The Morgan fingerprint density at radius 1 is 1.03 bits per heavy atom. The summed E-state index contributed by atoms with van der Waals surface area (Å²) in [6.45, 7) is 3.46. The molecule has 1 saturated heterocycles. The van der Waals surface area contributed by atoms with Crippen LogP contribution >= 0.6 is 0 Å². The van der Waals surface area contributed by atoms with Gasteiger partial charge in [0.15, 0.2) is 11.5 Å². The highest BCUT2D eigenvalue weighted by molar-refractivity contribution is 5.75. The molecule has 146 valence electrons. The monoisotopic (exact) mass is 393 g/mol. The van der Waals surface area contributed by atoms with E-state index in [0.717, 1.165) is 18.8 Å². The van der Waals surface area contributed by atoms with Gasteiger partial charge in [0, 0.05) is 37.0 Å². The molecule has 1 aliphatic rings. The van der Waals surface area contributed by atoms with Gasteiger partial charge in [-0.25, -0.2) is 13.8 Å². The molecule has 4 aromatic rings. The van der Waals surface area contributed by atoms with E-state index in [-0.39, 0.29) is 22.7 Å². The zero-order chi connectivity index (χ0) is 20.1. The van der Waals surface area contributed by atoms with Crippen molar-refractivity contribution in [2.75, 3.05) is 13.1 Å². The van der Waals surface area contributed by atoms with Gasteiger partial charge in [-0.1, -0.05) is 0 Å². The Bertz CT molecular complexity index is 1210. The summed E-state index contributed by atoms with van der Waals surface area (Å²) in [5, 5.41) is 21.9. The summed E-state index contributed by atoms with van der Waals surface area (Å²) in [6, 6.07) is 7.37. The average Bonchev–Trinajstić information content (AvgIpc) is 3.02. The molecule has 8 heteroatoms. The molecule has 0 unspecified atom stereocenters. The van der Waals surface area contributed by atoms with Crippen molar-refractivity contribution in [1.29, 1.82) is 0 Å². The van der Waals surface area contributed by atoms with Crippen molar-refractivity contribution < 1.29 is 13.9 Å². The highest BCUT2D eigenvalue weighted by Gasteiger charge is 2.22. The molecule has 29 heavy (non-hydrogen) atoms. The lowest BCUT2D eigenvalue weighted by Gasteiger charge is -2.25. The van der Waals surface area contributed by atoms with Crippen LogP contribution in [0.15, 0.2) is 42.7 Å². The first-order valence-electron chi connectivity index (χ1n) is 9.22.